The molecule has 6 heteroatoms. The van der Waals surface area contributed by atoms with Crippen molar-refractivity contribution in [1.82, 2.24) is 0 Å². The number of amides is 2. The van der Waals surface area contributed by atoms with Crippen molar-refractivity contribution in [1.29, 1.82) is 0 Å². The first-order chi connectivity index (χ1) is 8.61. The van der Waals surface area contributed by atoms with Gasteiger partial charge in [-0.15, -0.1) is 11.3 Å². The van der Waals surface area contributed by atoms with Crippen molar-refractivity contribution in [3.05, 3.63) is 16.5 Å². The number of nitrogens with one attached hydrogen (secondary N) is 1. The standard InChI is InChI=1S/C12H16N2O3S/c1-2-7-6-8(10(13)15)12(18-7)14-11(16)9-4-3-5-17-9/h6,9H,2-5H2,1H3,(H2,13,15)(H,14,16). The van der Waals surface area contributed by atoms with Crippen LogP contribution in [-0.2, 0) is 16.0 Å². The van der Waals surface area contributed by atoms with Crippen LogP contribution in [0.3, 0.4) is 0 Å². The monoisotopic (exact) mass is 268 g/mol. The smallest absolute Gasteiger partial charge is 0.254 e. The minimum atomic E-state index is -0.520. The fraction of sp³-hybridized carbons (Fsp3) is 0.500. The molecule has 0 aliphatic carbocycles. The topological polar surface area (TPSA) is 81.4 Å². The van der Waals surface area contributed by atoms with Gasteiger partial charge >= 0.3 is 0 Å². The SMILES string of the molecule is CCc1cc(C(N)=O)c(NC(=O)C2CCCO2)s1. The highest BCUT2D eigenvalue weighted by Crippen LogP contribution is 2.29. The molecule has 0 saturated carbocycles. The summed E-state index contributed by atoms with van der Waals surface area (Å²) in [5.41, 5.74) is 5.67. The zero-order valence-corrected chi connectivity index (χ0v) is 11.0. The molecule has 5 nitrogen and oxygen atoms in total. The van der Waals surface area contributed by atoms with Crippen molar-refractivity contribution in [3.63, 3.8) is 0 Å². The summed E-state index contributed by atoms with van der Waals surface area (Å²) in [6.07, 6.45) is 2.02. The number of anilines is 1. The van der Waals surface area contributed by atoms with E-state index < -0.39 is 12.0 Å². The van der Waals surface area contributed by atoms with E-state index in [1.54, 1.807) is 6.07 Å². The summed E-state index contributed by atoms with van der Waals surface area (Å²) in [6.45, 7) is 2.60. The van der Waals surface area contributed by atoms with Gasteiger partial charge in [0, 0.05) is 11.5 Å². The van der Waals surface area contributed by atoms with Gasteiger partial charge in [-0.1, -0.05) is 6.92 Å². The molecule has 1 aromatic heterocycles. The Morgan fingerprint density at radius 1 is 1.61 bits per heavy atom. The molecule has 0 radical (unpaired) electrons. The third-order valence-corrected chi connectivity index (χ3v) is 4.05. The van der Waals surface area contributed by atoms with Crippen LogP contribution in [0, 0.1) is 0 Å². The molecule has 0 bridgehead atoms. The van der Waals surface area contributed by atoms with Gasteiger partial charge in [-0.25, -0.2) is 0 Å². The number of ether oxygens (including phenoxy) is 1. The van der Waals surface area contributed by atoms with Crippen LogP contribution in [0.1, 0.15) is 35.0 Å². The summed E-state index contributed by atoms with van der Waals surface area (Å²) in [4.78, 5) is 24.2. The zero-order valence-electron chi connectivity index (χ0n) is 10.2. The van der Waals surface area contributed by atoms with Crippen molar-refractivity contribution in [3.8, 4) is 0 Å². The van der Waals surface area contributed by atoms with E-state index in [1.165, 1.54) is 11.3 Å². The molecule has 0 spiro atoms. The van der Waals surface area contributed by atoms with Crippen molar-refractivity contribution in [2.24, 2.45) is 5.73 Å². The maximum Gasteiger partial charge on any atom is 0.254 e. The molecule has 98 valence electrons. The first kappa shape index (κ1) is 13.0. The maximum atomic E-state index is 11.9. The van der Waals surface area contributed by atoms with E-state index in [4.69, 9.17) is 10.5 Å². The molecule has 3 N–H and O–H groups in total. The van der Waals surface area contributed by atoms with Gasteiger partial charge in [0.25, 0.3) is 11.8 Å². The Morgan fingerprint density at radius 2 is 2.39 bits per heavy atom. The van der Waals surface area contributed by atoms with Crippen LogP contribution in [0.15, 0.2) is 6.07 Å². The lowest BCUT2D eigenvalue weighted by Gasteiger charge is -2.09. The van der Waals surface area contributed by atoms with E-state index >= 15 is 0 Å². The highest BCUT2D eigenvalue weighted by atomic mass is 32.1. The molecule has 0 aromatic carbocycles. The molecular formula is C12H16N2O3S. The Kier molecular flexibility index (Phi) is 3.98. The number of hydrogen-bond acceptors (Lipinski definition) is 4. The summed E-state index contributed by atoms with van der Waals surface area (Å²) < 4.78 is 5.30. The molecule has 1 aliphatic heterocycles. The quantitative estimate of drug-likeness (QED) is 0.868. The number of hydrogen-bond donors (Lipinski definition) is 2. The largest absolute Gasteiger partial charge is 0.368 e. The molecule has 1 unspecified atom stereocenters. The van der Waals surface area contributed by atoms with Gasteiger partial charge in [0.2, 0.25) is 0 Å². The predicted octanol–water partition coefficient (Wildman–Crippen LogP) is 1.53. The van der Waals surface area contributed by atoms with Gasteiger partial charge in [0.05, 0.1) is 5.56 Å². The normalized spacial score (nSPS) is 18.8. The van der Waals surface area contributed by atoms with Crippen LogP contribution in [0.5, 0.6) is 0 Å². The van der Waals surface area contributed by atoms with E-state index in [1.807, 2.05) is 6.92 Å². The van der Waals surface area contributed by atoms with Crippen molar-refractivity contribution in [2.45, 2.75) is 32.3 Å². The molecule has 2 rings (SSSR count). The van der Waals surface area contributed by atoms with Crippen LogP contribution in [0.4, 0.5) is 5.00 Å². The Hall–Kier alpha value is -1.40. The van der Waals surface area contributed by atoms with E-state index in [2.05, 4.69) is 5.32 Å². The molecule has 18 heavy (non-hydrogen) atoms. The number of carbonyl (C=O) groups is 2. The van der Waals surface area contributed by atoms with E-state index in [0.717, 1.165) is 24.1 Å². The predicted molar refractivity (Wildman–Crippen MR) is 69.8 cm³/mol. The van der Waals surface area contributed by atoms with E-state index in [-0.39, 0.29) is 5.91 Å². The molecule has 1 aromatic rings. The van der Waals surface area contributed by atoms with E-state index in [0.29, 0.717) is 17.2 Å². The molecular weight excluding hydrogens is 252 g/mol. The lowest BCUT2D eigenvalue weighted by molar-refractivity contribution is -0.124. The number of primary amides is 1. The zero-order chi connectivity index (χ0) is 13.1. The Balaban J connectivity index is 2.14. The van der Waals surface area contributed by atoms with Crippen LogP contribution in [0.2, 0.25) is 0 Å². The molecule has 1 aliphatic rings. The van der Waals surface area contributed by atoms with Gasteiger partial charge < -0.3 is 15.8 Å². The second-order valence-corrected chi connectivity index (χ2v) is 5.30. The van der Waals surface area contributed by atoms with E-state index in [9.17, 15) is 9.59 Å². The molecule has 1 atom stereocenters. The van der Waals surface area contributed by atoms with Gasteiger partial charge in [0.1, 0.15) is 11.1 Å². The maximum absolute atomic E-state index is 11.9. The second kappa shape index (κ2) is 5.49. The van der Waals surface area contributed by atoms with Crippen molar-refractivity contribution < 1.29 is 14.3 Å². The minimum Gasteiger partial charge on any atom is -0.368 e. The van der Waals surface area contributed by atoms with Crippen LogP contribution < -0.4 is 11.1 Å². The van der Waals surface area contributed by atoms with Crippen molar-refractivity contribution in [2.75, 3.05) is 11.9 Å². The van der Waals surface area contributed by atoms with Gasteiger partial charge in [-0.3, -0.25) is 9.59 Å². The second-order valence-electron chi connectivity index (χ2n) is 4.16. The Bertz CT molecular complexity index is 464. The summed E-state index contributed by atoms with van der Waals surface area (Å²) in [7, 11) is 0. The molecule has 1 saturated heterocycles. The number of aryl methyl sites for hydroxylation is 1. The van der Waals surface area contributed by atoms with Gasteiger partial charge in [0.15, 0.2) is 0 Å². The number of carbonyl (C=O) groups excluding carboxylic acids is 2. The average molecular weight is 268 g/mol. The summed E-state index contributed by atoms with van der Waals surface area (Å²) in [6, 6.07) is 1.73. The molecule has 2 amide bonds. The lowest BCUT2D eigenvalue weighted by Crippen LogP contribution is -2.27. The van der Waals surface area contributed by atoms with Crippen LogP contribution in [-0.4, -0.2) is 24.5 Å². The molecule has 1 fully saturated rings. The highest BCUT2D eigenvalue weighted by Gasteiger charge is 2.25. The first-order valence-corrected chi connectivity index (χ1v) is 6.78. The third-order valence-electron chi connectivity index (χ3n) is 2.86. The summed E-state index contributed by atoms with van der Waals surface area (Å²) >= 11 is 1.39. The van der Waals surface area contributed by atoms with Crippen LogP contribution >= 0.6 is 11.3 Å². The van der Waals surface area contributed by atoms with Crippen molar-refractivity contribution >= 4 is 28.2 Å². The number of nitrogens with two attached hydrogens (primary N) is 1. The minimum absolute atomic E-state index is 0.195. The third kappa shape index (κ3) is 2.70. The lowest BCUT2D eigenvalue weighted by atomic mass is 10.2. The average Bonchev–Trinajstić information content (AvgIpc) is 2.97. The number of rotatable bonds is 4. The summed E-state index contributed by atoms with van der Waals surface area (Å²) in [5.74, 6) is -0.715. The Labute approximate surface area is 109 Å². The fourth-order valence-corrected chi connectivity index (χ4v) is 2.87. The van der Waals surface area contributed by atoms with Crippen LogP contribution in [0.25, 0.3) is 0 Å². The first-order valence-electron chi connectivity index (χ1n) is 5.96. The highest BCUT2D eigenvalue weighted by molar-refractivity contribution is 7.16. The Morgan fingerprint density at radius 3 is 2.94 bits per heavy atom. The van der Waals surface area contributed by atoms with Gasteiger partial charge in [-0.05, 0) is 25.3 Å². The number of thiophene rings is 1. The molecule has 2 heterocycles. The van der Waals surface area contributed by atoms with Gasteiger partial charge in [-0.2, -0.15) is 0 Å². The fourth-order valence-electron chi connectivity index (χ4n) is 1.87. The summed E-state index contributed by atoms with van der Waals surface area (Å²) in [5, 5.41) is 3.27.